The first-order valence-corrected chi connectivity index (χ1v) is 7.06. The van der Waals surface area contributed by atoms with Gasteiger partial charge in [0.1, 0.15) is 5.82 Å². The number of fused-ring (bicyclic) bond motifs is 1. The fourth-order valence-electron chi connectivity index (χ4n) is 2.04. The second kappa shape index (κ2) is 5.46. The molecule has 0 aliphatic carbocycles. The van der Waals surface area contributed by atoms with Gasteiger partial charge in [0.25, 0.3) is 0 Å². The highest BCUT2D eigenvalue weighted by molar-refractivity contribution is 7.10. The summed E-state index contributed by atoms with van der Waals surface area (Å²) < 4.78 is 13.3. The lowest BCUT2D eigenvalue weighted by Gasteiger charge is -2.04. The minimum absolute atomic E-state index is 0.117. The van der Waals surface area contributed by atoms with Gasteiger partial charge in [-0.3, -0.25) is 0 Å². The predicted molar refractivity (Wildman–Crippen MR) is 81.9 cm³/mol. The molecule has 5 heteroatoms. The summed E-state index contributed by atoms with van der Waals surface area (Å²) in [7, 11) is 0. The van der Waals surface area contributed by atoms with Crippen molar-refractivity contribution in [3.63, 3.8) is 0 Å². The highest BCUT2D eigenvalue weighted by Crippen LogP contribution is 2.21. The summed E-state index contributed by atoms with van der Waals surface area (Å²) >= 11 is 1.57. The number of aromatic nitrogens is 1. The van der Waals surface area contributed by atoms with Gasteiger partial charge in [0, 0.05) is 16.3 Å². The molecule has 0 spiro atoms. The lowest BCUT2D eigenvalue weighted by molar-refractivity contribution is 0.0699. The molecule has 0 aliphatic heterocycles. The first kappa shape index (κ1) is 13.5. The third-order valence-corrected chi connectivity index (χ3v) is 3.82. The first-order chi connectivity index (χ1) is 10.1. The van der Waals surface area contributed by atoms with Crippen molar-refractivity contribution >= 4 is 40.4 Å². The number of hydrogen-bond donors (Lipinski definition) is 1. The smallest absolute Gasteiger partial charge is 0.336 e. The Bertz CT molecular complexity index is 841. The number of carbonyl (C=O) groups is 1. The van der Waals surface area contributed by atoms with E-state index < -0.39 is 11.8 Å². The minimum Gasteiger partial charge on any atom is -0.478 e. The highest BCUT2D eigenvalue weighted by atomic mass is 32.1. The van der Waals surface area contributed by atoms with E-state index in [1.165, 1.54) is 24.3 Å². The molecule has 1 N–H and O–H groups in total. The number of halogens is 1. The molecule has 2 heterocycles. The van der Waals surface area contributed by atoms with Crippen molar-refractivity contribution in [1.29, 1.82) is 0 Å². The average Bonchev–Trinajstić information content (AvgIpc) is 2.97. The first-order valence-electron chi connectivity index (χ1n) is 6.19. The molecule has 0 saturated carbocycles. The minimum atomic E-state index is -1.06. The zero-order valence-corrected chi connectivity index (χ0v) is 11.6. The van der Waals surface area contributed by atoms with E-state index >= 15 is 0 Å². The summed E-state index contributed by atoms with van der Waals surface area (Å²) in [6.07, 6.45) is 3.58. The zero-order valence-electron chi connectivity index (χ0n) is 10.8. The number of thiophene rings is 1. The fraction of sp³-hybridized carbons (Fsp3) is 0. The predicted octanol–water partition coefficient (Wildman–Crippen LogP) is 4.30. The third-order valence-electron chi connectivity index (χ3n) is 2.98. The van der Waals surface area contributed by atoms with Gasteiger partial charge in [-0.15, -0.1) is 11.3 Å². The largest absolute Gasteiger partial charge is 0.478 e. The van der Waals surface area contributed by atoms with Crippen LogP contribution in [0.4, 0.5) is 4.39 Å². The van der Waals surface area contributed by atoms with Crippen LogP contribution in [0.2, 0.25) is 0 Å². The molecule has 0 saturated heterocycles. The van der Waals surface area contributed by atoms with Crippen LogP contribution in [0.15, 0.2) is 41.8 Å². The van der Waals surface area contributed by atoms with E-state index in [0.717, 1.165) is 4.88 Å². The monoisotopic (exact) mass is 299 g/mol. The van der Waals surface area contributed by atoms with Gasteiger partial charge in [-0.1, -0.05) is 6.07 Å². The molecule has 104 valence electrons. The van der Waals surface area contributed by atoms with Crippen molar-refractivity contribution in [3.05, 3.63) is 63.7 Å². The molecular formula is C16H10FNO2S. The van der Waals surface area contributed by atoms with Crippen molar-refractivity contribution in [2.24, 2.45) is 0 Å². The Balaban J connectivity index is 2.13. The molecule has 3 nitrogen and oxygen atoms in total. The molecule has 0 aliphatic rings. The molecule has 2 aromatic heterocycles. The molecular weight excluding hydrogens is 289 g/mol. The van der Waals surface area contributed by atoms with Crippen LogP contribution in [0.25, 0.3) is 23.1 Å². The van der Waals surface area contributed by atoms with Crippen LogP contribution in [0, 0.1) is 5.82 Å². The summed E-state index contributed by atoms with van der Waals surface area (Å²) in [6.45, 7) is 0. The van der Waals surface area contributed by atoms with Gasteiger partial charge < -0.3 is 5.11 Å². The summed E-state index contributed by atoms with van der Waals surface area (Å²) in [5.41, 5.74) is 0.936. The lowest BCUT2D eigenvalue weighted by atomic mass is 10.1. The van der Waals surface area contributed by atoms with Gasteiger partial charge in [-0.05, 0) is 41.8 Å². The Morgan fingerprint density at radius 3 is 2.81 bits per heavy atom. The van der Waals surface area contributed by atoms with Crippen LogP contribution < -0.4 is 0 Å². The molecule has 1 aromatic carbocycles. The number of nitrogens with zero attached hydrogens (tertiary/aromatic N) is 1. The summed E-state index contributed by atoms with van der Waals surface area (Å²) in [5, 5.41) is 11.7. The Labute approximate surface area is 124 Å². The molecule has 21 heavy (non-hydrogen) atoms. The van der Waals surface area contributed by atoms with E-state index in [1.54, 1.807) is 17.4 Å². The van der Waals surface area contributed by atoms with E-state index in [0.29, 0.717) is 16.6 Å². The SMILES string of the molecule is O=C(O)c1cc(C=Cc2cccs2)nc2cc(F)ccc12. The molecule has 3 rings (SSSR count). The van der Waals surface area contributed by atoms with Crippen molar-refractivity contribution in [3.8, 4) is 0 Å². The van der Waals surface area contributed by atoms with E-state index in [9.17, 15) is 14.3 Å². The number of carboxylic acids is 1. The van der Waals surface area contributed by atoms with E-state index in [4.69, 9.17) is 0 Å². The number of benzene rings is 1. The second-order valence-corrected chi connectivity index (χ2v) is 5.39. The molecule has 3 aromatic rings. The summed E-state index contributed by atoms with van der Waals surface area (Å²) in [4.78, 5) is 16.7. The van der Waals surface area contributed by atoms with Gasteiger partial charge in [0.05, 0.1) is 16.8 Å². The normalized spacial score (nSPS) is 11.3. The maximum Gasteiger partial charge on any atom is 0.336 e. The number of pyridine rings is 1. The number of hydrogen-bond acceptors (Lipinski definition) is 3. The topological polar surface area (TPSA) is 50.2 Å². The zero-order chi connectivity index (χ0) is 14.8. The summed E-state index contributed by atoms with van der Waals surface area (Å²) in [6, 6.07) is 9.28. The average molecular weight is 299 g/mol. The number of rotatable bonds is 3. The standard InChI is InChI=1S/C16H10FNO2S/c17-10-3-6-13-14(16(19)20)9-11(18-15(13)8-10)4-5-12-2-1-7-21-12/h1-9H,(H,19,20). The number of aromatic carboxylic acids is 1. The maximum atomic E-state index is 13.3. The number of carboxylic acid groups (broad SMARTS) is 1. The van der Waals surface area contributed by atoms with Gasteiger partial charge in [0.2, 0.25) is 0 Å². The van der Waals surface area contributed by atoms with Crippen LogP contribution >= 0.6 is 11.3 Å². The molecule has 0 fully saturated rings. The van der Waals surface area contributed by atoms with E-state index in [-0.39, 0.29) is 5.56 Å². The van der Waals surface area contributed by atoms with Crippen molar-refractivity contribution < 1.29 is 14.3 Å². The lowest BCUT2D eigenvalue weighted by Crippen LogP contribution is -2.00. The van der Waals surface area contributed by atoms with Crippen LogP contribution in [0.1, 0.15) is 20.9 Å². The Morgan fingerprint density at radius 2 is 2.10 bits per heavy atom. The third kappa shape index (κ3) is 2.83. The Hall–Kier alpha value is -2.53. The highest BCUT2D eigenvalue weighted by Gasteiger charge is 2.11. The molecule has 0 unspecified atom stereocenters. The van der Waals surface area contributed by atoms with Crippen LogP contribution in [-0.4, -0.2) is 16.1 Å². The van der Waals surface area contributed by atoms with Gasteiger partial charge in [0.15, 0.2) is 0 Å². The van der Waals surface area contributed by atoms with Gasteiger partial charge in [-0.2, -0.15) is 0 Å². The summed E-state index contributed by atoms with van der Waals surface area (Å²) in [5.74, 6) is -1.49. The van der Waals surface area contributed by atoms with E-state index in [2.05, 4.69) is 4.98 Å². The van der Waals surface area contributed by atoms with E-state index in [1.807, 2.05) is 23.6 Å². The second-order valence-electron chi connectivity index (χ2n) is 4.41. The fourth-order valence-corrected chi connectivity index (χ4v) is 2.66. The molecule has 0 bridgehead atoms. The van der Waals surface area contributed by atoms with Crippen molar-refractivity contribution in [1.82, 2.24) is 4.98 Å². The Kier molecular flexibility index (Phi) is 3.50. The quantitative estimate of drug-likeness (QED) is 0.784. The molecule has 0 atom stereocenters. The van der Waals surface area contributed by atoms with Gasteiger partial charge in [-0.25, -0.2) is 14.2 Å². The molecule has 0 radical (unpaired) electrons. The van der Waals surface area contributed by atoms with Crippen molar-refractivity contribution in [2.75, 3.05) is 0 Å². The van der Waals surface area contributed by atoms with Crippen LogP contribution in [-0.2, 0) is 0 Å². The van der Waals surface area contributed by atoms with Gasteiger partial charge >= 0.3 is 5.97 Å². The Morgan fingerprint density at radius 1 is 1.24 bits per heavy atom. The molecule has 0 amide bonds. The maximum absolute atomic E-state index is 13.3. The van der Waals surface area contributed by atoms with Crippen LogP contribution in [0.5, 0.6) is 0 Å². The van der Waals surface area contributed by atoms with Crippen molar-refractivity contribution in [2.45, 2.75) is 0 Å². The van der Waals surface area contributed by atoms with Crippen LogP contribution in [0.3, 0.4) is 0 Å².